The van der Waals surface area contributed by atoms with E-state index in [0.717, 1.165) is 88.0 Å². The van der Waals surface area contributed by atoms with Crippen LogP contribution < -0.4 is 31.5 Å². The van der Waals surface area contributed by atoms with Crippen molar-refractivity contribution >= 4 is 63.1 Å². The molecule has 81 heavy (non-hydrogen) atoms. The molecule has 0 spiro atoms. The van der Waals surface area contributed by atoms with Gasteiger partial charge in [-0.25, -0.2) is 19.9 Å². The predicted octanol–water partition coefficient (Wildman–Crippen LogP) is 16.8. The van der Waals surface area contributed by atoms with Gasteiger partial charge in [0.1, 0.15) is 24.3 Å². The second-order valence-corrected chi connectivity index (χ2v) is 16.1. The zero-order chi connectivity index (χ0) is 61.0. The van der Waals surface area contributed by atoms with Crippen molar-refractivity contribution in [3.8, 4) is 44.8 Å². The molecule has 0 aliphatic carbocycles. The zero-order valence-corrected chi connectivity index (χ0v) is 51.2. The summed E-state index contributed by atoms with van der Waals surface area (Å²) in [6.07, 6.45) is 3.17. The molecule has 0 aliphatic heterocycles. The number of hydrogen-bond donors (Lipinski definition) is 5. The van der Waals surface area contributed by atoms with E-state index in [1.807, 2.05) is 160 Å². The molecule has 8 rings (SSSR count). The number of aromatic nitrogens is 4. The Morgan fingerprint density at radius 1 is 0.469 bits per heavy atom. The molecule has 0 saturated heterocycles. The smallest absolute Gasteiger partial charge is 0.300 e. The van der Waals surface area contributed by atoms with Gasteiger partial charge in [-0.05, 0) is 108 Å². The summed E-state index contributed by atoms with van der Waals surface area (Å²) in [5.41, 5.74) is 18.3. The Labute approximate surface area is 489 Å². The number of halogens is 1. The molecule has 434 valence electrons. The van der Waals surface area contributed by atoms with Gasteiger partial charge < -0.3 is 36.6 Å². The first-order chi connectivity index (χ1) is 39.3. The maximum atomic E-state index is 11.2. The lowest BCUT2D eigenvalue weighted by atomic mass is 10.0. The van der Waals surface area contributed by atoms with E-state index in [2.05, 4.69) is 150 Å². The lowest BCUT2D eigenvalue weighted by Crippen LogP contribution is -2.36. The molecule has 0 radical (unpaired) electrons. The third-order valence-electron chi connectivity index (χ3n) is 10.4. The summed E-state index contributed by atoms with van der Waals surface area (Å²) in [5.74, 6) is 0.605. The van der Waals surface area contributed by atoms with Crippen LogP contribution in [0.25, 0.3) is 44.8 Å². The number of carbonyl (C=O) groups excluding carboxylic acids is 2. The molecule has 1 amide bonds. The summed E-state index contributed by atoms with van der Waals surface area (Å²) >= 11 is 4.64. The normalized spacial score (nSPS) is 9.20. The van der Waals surface area contributed by atoms with Gasteiger partial charge in [-0.1, -0.05) is 166 Å². The number of carbonyl (C=O) groups is 3. The molecule has 8 aromatic rings. The number of nitrogens with one attached hydrogen (secondary N) is 3. The number of aliphatic carboxylic acids is 1. The molecule has 0 saturated carbocycles. The van der Waals surface area contributed by atoms with E-state index in [4.69, 9.17) is 15.6 Å². The maximum Gasteiger partial charge on any atom is 0.300 e. The number of carboxylic acids is 1. The first-order valence-corrected chi connectivity index (χ1v) is 28.2. The highest BCUT2D eigenvalue weighted by molar-refractivity contribution is 6.62. The second-order valence-electron chi connectivity index (χ2n) is 15.6. The van der Waals surface area contributed by atoms with Crippen molar-refractivity contribution in [3.63, 3.8) is 0 Å². The Bertz CT molecular complexity index is 2890. The van der Waals surface area contributed by atoms with Crippen molar-refractivity contribution in [1.29, 1.82) is 0 Å². The largest absolute Gasteiger partial charge is 0.481 e. The number of hydrogen-bond acceptors (Lipinski definition) is 12. The maximum absolute atomic E-state index is 11.2. The summed E-state index contributed by atoms with van der Waals surface area (Å²) in [5, 5.41) is 16.6. The molecule has 6 N–H and O–H groups in total. The van der Waals surface area contributed by atoms with Crippen molar-refractivity contribution in [2.24, 2.45) is 5.73 Å². The van der Waals surface area contributed by atoms with Gasteiger partial charge in [0.05, 0.1) is 24.7 Å². The Morgan fingerprint density at radius 2 is 0.790 bits per heavy atom. The number of anilines is 6. The van der Waals surface area contributed by atoms with E-state index >= 15 is 0 Å². The third kappa shape index (κ3) is 28.3. The van der Waals surface area contributed by atoms with Crippen LogP contribution in [0.15, 0.2) is 183 Å². The standard InChI is InChI=1S/C27H27N5O.C25H25N5.C2H3ClO.C2H4O2.5C2H6/c1-3-32(19-30-20(2)33)25-14-12-24(13-15-25)31-27-17-26(28-18-29-27)23-11-7-10-22(16-23)21-8-5-4-6-9-21;1-2-30(17-26)23-13-11-22(12-14-23)29-25-16-24(27-18-28-25)21-10-6-9-20(15-21)19-7-4-3-5-8-19;2*1-2(3)4;5*1-2/h4-18H,3,19H2,1-2H3,(H,30,33)(H,28,29,31);3-16,18H,2,17,26H2,1H3,(H,27,28,29);1H3;1H3,(H,3,4);5*1-2H3. The summed E-state index contributed by atoms with van der Waals surface area (Å²) < 4.78 is 0. The molecule has 0 unspecified atom stereocenters. The fourth-order valence-corrected chi connectivity index (χ4v) is 6.96. The molecule has 2 heterocycles. The molecule has 0 fully saturated rings. The van der Waals surface area contributed by atoms with Gasteiger partial charge in [-0.15, -0.1) is 0 Å². The van der Waals surface area contributed by atoms with E-state index in [1.54, 1.807) is 12.7 Å². The lowest BCUT2D eigenvalue weighted by Gasteiger charge is -2.23. The van der Waals surface area contributed by atoms with Crippen molar-refractivity contribution in [3.05, 3.63) is 183 Å². The lowest BCUT2D eigenvalue weighted by molar-refractivity contribution is -0.134. The van der Waals surface area contributed by atoms with Gasteiger partial charge in [0.15, 0.2) is 0 Å². The average Bonchev–Trinajstić information content (AvgIpc) is 3.55. The summed E-state index contributed by atoms with van der Waals surface area (Å²) in [6.45, 7) is 30.7. The van der Waals surface area contributed by atoms with Gasteiger partial charge >= 0.3 is 0 Å². The van der Waals surface area contributed by atoms with Crippen LogP contribution in [0.4, 0.5) is 34.4 Å². The van der Waals surface area contributed by atoms with Gasteiger partial charge in [0.25, 0.3) is 5.97 Å². The van der Waals surface area contributed by atoms with E-state index in [1.165, 1.54) is 25.0 Å². The van der Waals surface area contributed by atoms with Crippen molar-refractivity contribution in [1.82, 2.24) is 25.3 Å². The highest BCUT2D eigenvalue weighted by Gasteiger charge is 2.09. The molecule has 6 aromatic carbocycles. The number of nitrogens with two attached hydrogens (primary N) is 1. The van der Waals surface area contributed by atoms with Crippen LogP contribution >= 0.6 is 11.6 Å². The Balaban J connectivity index is 0.00000123. The zero-order valence-electron chi connectivity index (χ0n) is 50.5. The number of benzene rings is 6. The van der Waals surface area contributed by atoms with Crippen LogP contribution in [0.5, 0.6) is 0 Å². The molecule has 0 bridgehead atoms. The van der Waals surface area contributed by atoms with E-state index in [-0.39, 0.29) is 11.1 Å². The Hall–Kier alpha value is -8.46. The number of amides is 1. The minimum Gasteiger partial charge on any atom is -0.481 e. The quantitative estimate of drug-likeness (QED) is 0.0482. The number of nitrogens with zero attached hydrogens (tertiary/aromatic N) is 6. The van der Waals surface area contributed by atoms with Gasteiger partial charge in [-0.2, -0.15) is 0 Å². The molecule has 2 aromatic heterocycles. The summed E-state index contributed by atoms with van der Waals surface area (Å²) in [6, 6.07) is 57.6. The van der Waals surface area contributed by atoms with Crippen LogP contribution in [0.3, 0.4) is 0 Å². The molecular formula is C66H89ClN10O4. The van der Waals surface area contributed by atoms with Gasteiger partial charge in [0, 0.05) is 79.9 Å². The van der Waals surface area contributed by atoms with Crippen LogP contribution in [0.1, 0.15) is 104 Å². The Kier molecular flexibility index (Phi) is 39.8. The highest BCUT2D eigenvalue weighted by atomic mass is 35.5. The number of carboxylic acid groups (broad SMARTS) is 1. The van der Waals surface area contributed by atoms with Crippen molar-refractivity contribution < 1.29 is 19.5 Å². The molecule has 0 aliphatic rings. The molecule has 0 atom stereocenters. The fourth-order valence-electron chi connectivity index (χ4n) is 6.96. The monoisotopic (exact) mass is 1120 g/mol. The molecular weight excluding hydrogens is 1030 g/mol. The second kappa shape index (κ2) is 44.4. The molecule has 15 heteroatoms. The third-order valence-corrected chi connectivity index (χ3v) is 10.4. The van der Waals surface area contributed by atoms with Crippen LogP contribution in [0, 0.1) is 0 Å². The first kappa shape index (κ1) is 72.5. The van der Waals surface area contributed by atoms with Gasteiger partial charge in [0.2, 0.25) is 11.1 Å². The van der Waals surface area contributed by atoms with E-state index in [9.17, 15) is 9.59 Å². The summed E-state index contributed by atoms with van der Waals surface area (Å²) in [7, 11) is 0. The minimum atomic E-state index is -0.833. The van der Waals surface area contributed by atoms with Crippen molar-refractivity contribution in [2.75, 3.05) is 46.9 Å². The van der Waals surface area contributed by atoms with E-state index < -0.39 is 5.97 Å². The van der Waals surface area contributed by atoms with Crippen LogP contribution in [0.2, 0.25) is 0 Å². The minimum absolute atomic E-state index is 0.0411. The highest BCUT2D eigenvalue weighted by Crippen LogP contribution is 2.29. The first-order valence-electron chi connectivity index (χ1n) is 27.9. The van der Waals surface area contributed by atoms with Crippen LogP contribution in [-0.2, 0) is 14.4 Å². The molecule has 14 nitrogen and oxygen atoms in total. The fraction of sp³-hybridized carbons (Fsp3) is 0.288. The van der Waals surface area contributed by atoms with Gasteiger partial charge in [-0.3, -0.25) is 14.4 Å². The topological polar surface area (TPSA) is 192 Å². The average molecular weight is 1120 g/mol. The van der Waals surface area contributed by atoms with Crippen molar-refractivity contribution in [2.45, 2.75) is 104 Å². The van der Waals surface area contributed by atoms with E-state index in [0.29, 0.717) is 13.3 Å². The Morgan fingerprint density at radius 3 is 1.11 bits per heavy atom. The van der Waals surface area contributed by atoms with Crippen LogP contribution in [-0.4, -0.2) is 68.6 Å². The predicted molar refractivity (Wildman–Crippen MR) is 346 cm³/mol. The SMILES string of the molecule is CC.CC.CC.CC.CC.CC(=O)Cl.CC(=O)O.CCN(CN)c1ccc(Nc2cc(-c3cccc(-c4ccccc4)c3)ncn2)cc1.CCN(CNC(C)=O)c1ccc(Nc2cc(-c3cccc(-c4ccccc4)c3)ncn2)cc1. The summed E-state index contributed by atoms with van der Waals surface area (Å²) in [4.78, 5) is 51.3. The number of rotatable bonds is 15.